The summed E-state index contributed by atoms with van der Waals surface area (Å²) in [6.45, 7) is 7.10. The lowest BCUT2D eigenvalue weighted by atomic mass is 9.87. The van der Waals surface area contributed by atoms with Gasteiger partial charge in [0.1, 0.15) is 12.7 Å². The fraction of sp³-hybridized carbons (Fsp3) is 0.517. The summed E-state index contributed by atoms with van der Waals surface area (Å²) in [7, 11) is 0. The largest absolute Gasteiger partial charge is 0.480 e. The zero-order valence-electron chi connectivity index (χ0n) is 21.4. The second-order valence-electron chi connectivity index (χ2n) is 10.5. The molecular formula is C29H37NO6. The first-order valence-electron chi connectivity index (χ1n) is 12.8. The van der Waals surface area contributed by atoms with E-state index in [2.05, 4.69) is 38.1 Å². The van der Waals surface area contributed by atoms with Crippen LogP contribution in [0.2, 0.25) is 0 Å². The summed E-state index contributed by atoms with van der Waals surface area (Å²) in [5.41, 5.74) is 4.64. The summed E-state index contributed by atoms with van der Waals surface area (Å²) >= 11 is 0. The van der Waals surface area contributed by atoms with E-state index < -0.39 is 5.97 Å². The number of cyclic esters (lactones) is 1. The molecule has 1 heterocycles. The molecule has 1 N–H and O–H groups in total. The number of carboxylic acid groups (broad SMARTS) is 1. The fourth-order valence-electron chi connectivity index (χ4n) is 5.56. The monoisotopic (exact) mass is 495 g/mol. The van der Waals surface area contributed by atoms with Gasteiger partial charge in [0.2, 0.25) is 0 Å². The van der Waals surface area contributed by atoms with Crippen LogP contribution in [-0.2, 0) is 38.3 Å². The molecule has 1 aliphatic heterocycles. The summed E-state index contributed by atoms with van der Waals surface area (Å²) in [6, 6.07) is 16.5. The smallest absolute Gasteiger partial charge is 0.410 e. The quantitative estimate of drug-likeness (QED) is 0.425. The van der Waals surface area contributed by atoms with E-state index in [-0.39, 0.29) is 30.4 Å². The third kappa shape index (κ3) is 6.45. The number of hydrogen-bond acceptors (Lipinski definition) is 5. The molecule has 2 atom stereocenters. The Bertz CT molecular complexity index is 1040. The van der Waals surface area contributed by atoms with Crippen molar-refractivity contribution in [2.75, 3.05) is 26.4 Å². The molecule has 0 spiro atoms. The lowest BCUT2D eigenvalue weighted by molar-refractivity contribution is -0.142. The van der Waals surface area contributed by atoms with Crippen LogP contribution in [0.25, 0.3) is 0 Å². The molecule has 1 saturated heterocycles. The normalized spacial score (nSPS) is 18.8. The van der Waals surface area contributed by atoms with E-state index in [0.717, 1.165) is 30.4 Å². The van der Waals surface area contributed by atoms with Crippen LogP contribution in [-0.4, -0.2) is 60.1 Å². The third-order valence-corrected chi connectivity index (χ3v) is 7.30. The van der Waals surface area contributed by atoms with Crippen LogP contribution in [0, 0.1) is 5.92 Å². The summed E-state index contributed by atoms with van der Waals surface area (Å²) < 4.78 is 17.0. The lowest BCUT2D eigenvalue weighted by Crippen LogP contribution is -2.46. The zero-order valence-corrected chi connectivity index (χ0v) is 21.4. The summed E-state index contributed by atoms with van der Waals surface area (Å²) in [6.07, 6.45) is 2.87. The zero-order chi connectivity index (χ0) is 25.7. The predicted octanol–water partition coefficient (Wildman–Crippen LogP) is 4.81. The molecule has 1 amide bonds. The van der Waals surface area contributed by atoms with E-state index >= 15 is 0 Å². The van der Waals surface area contributed by atoms with Gasteiger partial charge in [0, 0.05) is 5.54 Å². The average Bonchev–Trinajstić information content (AvgIpc) is 3.42. The molecule has 0 bridgehead atoms. The van der Waals surface area contributed by atoms with Gasteiger partial charge >= 0.3 is 12.1 Å². The number of rotatable bonds is 12. The molecule has 0 unspecified atom stereocenters. The summed E-state index contributed by atoms with van der Waals surface area (Å²) in [5, 5.41) is 8.74. The van der Waals surface area contributed by atoms with Gasteiger partial charge in [-0.1, -0.05) is 48.5 Å². The predicted molar refractivity (Wildman–Crippen MR) is 136 cm³/mol. The average molecular weight is 496 g/mol. The first kappa shape index (κ1) is 26.2. The van der Waals surface area contributed by atoms with Crippen LogP contribution < -0.4 is 0 Å². The van der Waals surface area contributed by atoms with E-state index in [9.17, 15) is 9.59 Å². The molecule has 7 nitrogen and oxygen atoms in total. The molecule has 2 aliphatic rings. The Labute approximate surface area is 213 Å². The van der Waals surface area contributed by atoms with Gasteiger partial charge in [0.05, 0.1) is 25.9 Å². The van der Waals surface area contributed by atoms with Crippen molar-refractivity contribution in [1.82, 2.24) is 4.90 Å². The van der Waals surface area contributed by atoms with E-state index in [1.165, 1.54) is 11.1 Å². The standard InChI is InChI=1S/C29H37NO6/c1-20(26-11-7-6-8-22(26)12-13-34-19-27(31)32)35-18-25-17-30(28(33)36-25)29(2,3)16-21-14-23-9-4-5-10-24(23)15-21/h4-11,20-21,25H,12-19H2,1-3H3,(H,31,32)/t20-,25-/m1/s1. The second kappa shape index (κ2) is 11.4. The van der Waals surface area contributed by atoms with E-state index in [1.807, 2.05) is 36.1 Å². The minimum absolute atomic E-state index is 0.196. The number of fused-ring (bicyclic) bond motifs is 1. The molecule has 1 aliphatic carbocycles. The Hall–Kier alpha value is -2.90. The Balaban J connectivity index is 1.28. The Kier molecular flexibility index (Phi) is 8.32. The highest BCUT2D eigenvalue weighted by atomic mass is 16.6. The number of carbonyl (C=O) groups excluding carboxylic acids is 1. The van der Waals surface area contributed by atoms with Crippen molar-refractivity contribution in [2.24, 2.45) is 5.92 Å². The van der Waals surface area contributed by atoms with Crippen LogP contribution in [0.4, 0.5) is 4.79 Å². The van der Waals surface area contributed by atoms with Crippen molar-refractivity contribution in [3.8, 4) is 0 Å². The molecule has 0 aromatic heterocycles. The van der Waals surface area contributed by atoms with Crippen LogP contribution in [0.15, 0.2) is 48.5 Å². The molecule has 7 heteroatoms. The number of nitrogens with zero attached hydrogens (tertiary/aromatic N) is 1. The van der Waals surface area contributed by atoms with Crippen molar-refractivity contribution in [3.63, 3.8) is 0 Å². The molecule has 0 saturated carbocycles. The van der Waals surface area contributed by atoms with Crippen LogP contribution in [0.1, 0.15) is 55.5 Å². The number of carbonyl (C=O) groups is 2. The highest BCUT2D eigenvalue weighted by molar-refractivity contribution is 5.71. The van der Waals surface area contributed by atoms with E-state index in [4.69, 9.17) is 19.3 Å². The van der Waals surface area contributed by atoms with Gasteiger partial charge in [-0.3, -0.25) is 4.90 Å². The minimum atomic E-state index is -0.975. The third-order valence-electron chi connectivity index (χ3n) is 7.30. The van der Waals surface area contributed by atoms with Gasteiger partial charge in [0.15, 0.2) is 0 Å². The molecule has 0 radical (unpaired) electrons. The maximum atomic E-state index is 12.8. The van der Waals surface area contributed by atoms with Gasteiger partial charge in [-0.15, -0.1) is 0 Å². The first-order valence-corrected chi connectivity index (χ1v) is 12.8. The number of hydrogen-bond donors (Lipinski definition) is 1. The van der Waals surface area contributed by atoms with Gasteiger partial charge in [-0.05, 0) is 74.6 Å². The number of carboxylic acids is 1. The minimum Gasteiger partial charge on any atom is -0.480 e. The lowest BCUT2D eigenvalue weighted by Gasteiger charge is -2.35. The highest BCUT2D eigenvalue weighted by Crippen LogP contribution is 2.36. The maximum absolute atomic E-state index is 12.8. The van der Waals surface area contributed by atoms with Crippen molar-refractivity contribution in [1.29, 1.82) is 0 Å². The van der Waals surface area contributed by atoms with Gasteiger partial charge in [-0.2, -0.15) is 0 Å². The molecule has 194 valence electrons. The summed E-state index contributed by atoms with van der Waals surface area (Å²) in [4.78, 5) is 25.3. The van der Waals surface area contributed by atoms with Gasteiger partial charge in [-0.25, -0.2) is 9.59 Å². The van der Waals surface area contributed by atoms with E-state index in [1.54, 1.807) is 0 Å². The number of aliphatic carboxylic acids is 1. The summed E-state index contributed by atoms with van der Waals surface area (Å²) in [5.74, 6) is -0.451. The van der Waals surface area contributed by atoms with E-state index in [0.29, 0.717) is 32.1 Å². The van der Waals surface area contributed by atoms with Crippen molar-refractivity contribution < 1.29 is 28.9 Å². The maximum Gasteiger partial charge on any atom is 0.410 e. The Morgan fingerprint density at radius 1 is 1.14 bits per heavy atom. The van der Waals surface area contributed by atoms with Gasteiger partial charge in [0.25, 0.3) is 0 Å². The topological polar surface area (TPSA) is 85.3 Å². The number of benzene rings is 2. The van der Waals surface area contributed by atoms with Crippen molar-refractivity contribution in [2.45, 2.75) is 64.2 Å². The molecule has 2 aromatic rings. The molecule has 4 rings (SSSR count). The number of amides is 1. The fourth-order valence-corrected chi connectivity index (χ4v) is 5.56. The van der Waals surface area contributed by atoms with Crippen molar-refractivity contribution in [3.05, 3.63) is 70.8 Å². The van der Waals surface area contributed by atoms with Crippen molar-refractivity contribution >= 4 is 12.1 Å². The molecule has 36 heavy (non-hydrogen) atoms. The molecular weight excluding hydrogens is 458 g/mol. The molecule has 2 aromatic carbocycles. The highest BCUT2D eigenvalue weighted by Gasteiger charge is 2.42. The second-order valence-corrected chi connectivity index (χ2v) is 10.5. The van der Waals surface area contributed by atoms with Gasteiger partial charge < -0.3 is 19.3 Å². The number of ether oxygens (including phenoxy) is 3. The first-order chi connectivity index (χ1) is 17.2. The SMILES string of the molecule is C[C@@H](OC[C@H]1CN(C(C)(C)CC2Cc3ccccc3C2)C(=O)O1)c1ccccc1CCOCC(=O)O. The van der Waals surface area contributed by atoms with Crippen LogP contribution in [0.5, 0.6) is 0 Å². The Morgan fingerprint density at radius 3 is 2.50 bits per heavy atom. The van der Waals surface area contributed by atoms with Crippen LogP contribution >= 0.6 is 0 Å². The molecule has 1 fully saturated rings. The Morgan fingerprint density at radius 2 is 1.81 bits per heavy atom. The van der Waals surface area contributed by atoms with Crippen LogP contribution in [0.3, 0.4) is 0 Å².